The molecule has 0 spiro atoms. The summed E-state index contributed by atoms with van der Waals surface area (Å²) < 4.78 is 16.8. The minimum Gasteiger partial charge on any atom is -0.490 e. The Morgan fingerprint density at radius 2 is 1.90 bits per heavy atom. The molecule has 0 amide bonds. The summed E-state index contributed by atoms with van der Waals surface area (Å²) in [5.41, 5.74) is 0.816. The number of benzene rings is 1. The van der Waals surface area contributed by atoms with Crippen LogP contribution in [0.5, 0.6) is 11.5 Å². The van der Waals surface area contributed by atoms with Crippen molar-refractivity contribution in [3.8, 4) is 11.5 Å². The lowest BCUT2D eigenvalue weighted by Crippen LogP contribution is -2.18. The second-order valence-corrected chi connectivity index (χ2v) is 5.08. The van der Waals surface area contributed by atoms with Crippen molar-refractivity contribution in [1.82, 2.24) is 0 Å². The molecule has 1 aliphatic rings. The highest BCUT2D eigenvalue weighted by molar-refractivity contribution is 5.43. The monoisotopic (exact) mass is 280 g/mol. The van der Waals surface area contributed by atoms with E-state index in [1.165, 1.54) is 0 Å². The summed E-state index contributed by atoms with van der Waals surface area (Å²) in [6.45, 7) is 7.06. The molecule has 20 heavy (non-hydrogen) atoms. The summed E-state index contributed by atoms with van der Waals surface area (Å²) in [4.78, 5) is 0. The molecule has 1 aromatic rings. The minimum absolute atomic E-state index is 0.127. The van der Waals surface area contributed by atoms with Crippen molar-refractivity contribution in [2.45, 2.75) is 51.9 Å². The quantitative estimate of drug-likeness (QED) is 0.870. The van der Waals surface area contributed by atoms with Gasteiger partial charge in [-0.3, -0.25) is 0 Å². The minimum atomic E-state index is -0.616. The van der Waals surface area contributed by atoms with Gasteiger partial charge in [-0.2, -0.15) is 0 Å². The van der Waals surface area contributed by atoms with Crippen molar-refractivity contribution >= 4 is 0 Å². The van der Waals surface area contributed by atoms with E-state index in [1.54, 1.807) is 0 Å². The van der Waals surface area contributed by atoms with Crippen LogP contribution in [-0.2, 0) is 4.74 Å². The average Bonchev–Trinajstić information content (AvgIpc) is 2.87. The Bertz CT molecular complexity index is 432. The lowest BCUT2D eigenvalue weighted by Gasteiger charge is -2.20. The van der Waals surface area contributed by atoms with Crippen molar-refractivity contribution in [1.29, 1.82) is 0 Å². The maximum absolute atomic E-state index is 10.4. The van der Waals surface area contributed by atoms with Crippen LogP contribution >= 0.6 is 0 Å². The predicted octanol–water partition coefficient (Wildman–Crippen LogP) is 3.08. The lowest BCUT2D eigenvalue weighted by molar-refractivity contribution is -0.0298. The average molecular weight is 280 g/mol. The van der Waals surface area contributed by atoms with Crippen molar-refractivity contribution in [3.05, 3.63) is 23.8 Å². The summed E-state index contributed by atoms with van der Waals surface area (Å²) in [5, 5.41) is 10.4. The van der Waals surface area contributed by atoms with Gasteiger partial charge in [0.25, 0.3) is 0 Å². The first-order valence-electron chi connectivity index (χ1n) is 7.38. The third-order valence-corrected chi connectivity index (χ3v) is 3.53. The number of aliphatic hydroxyl groups excluding tert-OH is 1. The lowest BCUT2D eigenvalue weighted by atomic mass is 10.0. The predicted molar refractivity (Wildman–Crippen MR) is 77.3 cm³/mol. The van der Waals surface area contributed by atoms with Gasteiger partial charge >= 0.3 is 0 Å². The molecule has 1 N–H and O–H groups in total. The maximum Gasteiger partial charge on any atom is 0.161 e. The van der Waals surface area contributed by atoms with E-state index in [0.29, 0.717) is 24.7 Å². The Morgan fingerprint density at radius 1 is 1.20 bits per heavy atom. The molecule has 0 bridgehead atoms. The van der Waals surface area contributed by atoms with E-state index in [0.717, 1.165) is 18.4 Å². The van der Waals surface area contributed by atoms with E-state index in [2.05, 4.69) is 0 Å². The van der Waals surface area contributed by atoms with Crippen LogP contribution in [0.3, 0.4) is 0 Å². The molecular formula is C16H24O4. The topological polar surface area (TPSA) is 47.9 Å². The van der Waals surface area contributed by atoms with Gasteiger partial charge in [-0.25, -0.2) is 0 Å². The van der Waals surface area contributed by atoms with Gasteiger partial charge in [0.15, 0.2) is 11.5 Å². The molecule has 0 aliphatic carbocycles. The zero-order valence-corrected chi connectivity index (χ0v) is 12.5. The first kappa shape index (κ1) is 15.1. The first-order chi connectivity index (χ1) is 9.65. The molecule has 112 valence electrons. The molecule has 4 nitrogen and oxygen atoms in total. The SMILES string of the molecule is CCOc1ccc(C(O)C2CCC(C)O2)cc1OCC. The van der Waals surface area contributed by atoms with Gasteiger partial charge in [-0.1, -0.05) is 6.07 Å². The van der Waals surface area contributed by atoms with Gasteiger partial charge in [0.05, 0.1) is 25.4 Å². The molecule has 3 unspecified atom stereocenters. The molecule has 0 radical (unpaired) electrons. The van der Waals surface area contributed by atoms with E-state index in [-0.39, 0.29) is 12.2 Å². The molecule has 2 rings (SSSR count). The number of aliphatic hydroxyl groups is 1. The largest absolute Gasteiger partial charge is 0.490 e. The zero-order chi connectivity index (χ0) is 14.5. The molecule has 1 saturated heterocycles. The standard InChI is InChI=1S/C16H24O4/c1-4-18-13-9-7-12(10-15(13)19-5-2)16(17)14-8-6-11(3)20-14/h7,9-11,14,16-17H,4-6,8H2,1-3H3. The molecule has 0 aromatic heterocycles. The molecule has 1 aromatic carbocycles. The Balaban J connectivity index is 2.16. The van der Waals surface area contributed by atoms with Crippen LogP contribution in [-0.4, -0.2) is 30.5 Å². The second-order valence-electron chi connectivity index (χ2n) is 5.08. The molecule has 3 atom stereocenters. The summed E-state index contributed by atoms with van der Waals surface area (Å²) in [5.74, 6) is 1.39. The summed E-state index contributed by atoms with van der Waals surface area (Å²) in [6, 6.07) is 5.58. The fourth-order valence-electron chi connectivity index (χ4n) is 2.53. The third kappa shape index (κ3) is 3.44. The van der Waals surface area contributed by atoms with Gasteiger partial charge in [0.1, 0.15) is 6.10 Å². The van der Waals surface area contributed by atoms with Gasteiger partial charge in [-0.05, 0) is 51.3 Å². The number of ether oxygens (including phenoxy) is 3. The number of rotatable bonds is 6. The van der Waals surface area contributed by atoms with Crippen LogP contribution < -0.4 is 9.47 Å². The summed E-state index contributed by atoms with van der Waals surface area (Å²) in [7, 11) is 0. The van der Waals surface area contributed by atoms with Crippen molar-refractivity contribution in [2.75, 3.05) is 13.2 Å². The third-order valence-electron chi connectivity index (χ3n) is 3.53. The first-order valence-corrected chi connectivity index (χ1v) is 7.38. The Morgan fingerprint density at radius 3 is 2.50 bits per heavy atom. The van der Waals surface area contributed by atoms with Crippen LogP contribution in [0.2, 0.25) is 0 Å². The molecule has 1 aliphatic heterocycles. The number of hydrogen-bond donors (Lipinski definition) is 1. The van der Waals surface area contributed by atoms with Crippen LogP contribution in [0.4, 0.5) is 0 Å². The molecule has 1 heterocycles. The van der Waals surface area contributed by atoms with E-state index in [1.807, 2.05) is 39.0 Å². The Hall–Kier alpha value is -1.26. The van der Waals surface area contributed by atoms with E-state index in [4.69, 9.17) is 14.2 Å². The fourth-order valence-corrected chi connectivity index (χ4v) is 2.53. The fraction of sp³-hybridized carbons (Fsp3) is 0.625. The van der Waals surface area contributed by atoms with Gasteiger partial charge < -0.3 is 19.3 Å². The summed E-state index contributed by atoms with van der Waals surface area (Å²) >= 11 is 0. The van der Waals surface area contributed by atoms with Crippen LogP contribution in [0.15, 0.2) is 18.2 Å². The molecular weight excluding hydrogens is 256 g/mol. The molecule has 0 saturated carbocycles. The summed E-state index contributed by atoms with van der Waals surface area (Å²) in [6.07, 6.45) is 1.37. The highest BCUT2D eigenvalue weighted by atomic mass is 16.5. The Kier molecular flexibility index (Phi) is 5.26. The van der Waals surface area contributed by atoms with E-state index >= 15 is 0 Å². The van der Waals surface area contributed by atoms with Crippen LogP contribution in [0.25, 0.3) is 0 Å². The van der Waals surface area contributed by atoms with Crippen LogP contribution in [0.1, 0.15) is 45.3 Å². The zero-order valence-electron chi connectivity index (χ0n) is 12.5. The van der Waals surface area contributed by atoms with Crippen molar-refractivity contribution in [2.24, 2.45) is 0 Å². The van der Waals surface area contributed by atoms with E-state index < -0.39 is 6.10 Å². The highest BCUT2D eigenvalue weighted by Crippen LogP contribution is 2.35. The maximum atomic E-state index is 10.4. The van der Waals surface area contributed by atoms with Gasteiger partial charge in [0, 0.05) is 0 Å². The van der Waals surface area contributed by atoms with E-state index in [9.17, 15) is 5.11 Å². The molecule has 4 heteroatoms. The van der Waals surface area contributed by atoms with Gasteiger partial charge in [0.2, 0.25) is 0 Å². The molecule has 1 fully saturated rings. The van der Waals surface area contributed by atoms with Gasteiger partial charge in [-0.15, -0.1) is 0 Å². The van der Waals surface area contributed by atoms with Crippen molar-refractivity contribution in [3.63, 3.8) is 0 Å². The number of hydrogen-bond acceptors (Lipinski definition) is 4. The Labute approximate surface area is 120 Å². The second kappa shape index (κ2) is 6.95. The smallest absolute Gasteiger partial charge is 0.161 e. The van der Waals surface area contributed by atoms with Crippen molar-refractivity contribution < 1.29 is 19.3 Å². The highest BCUT2D eigenvalue weighted by Gasteiger charge is 2.29. The van der Waals surface area contributed by atoms with Crippen LogP contribution in [0, 0.1) is 0 Å². The normalized spacial score (nSPS) is 23.6.